The maximum atomic E-state index is 13.7. The van der Waals surface area contributed by atoms with Crippen molar-refractivity contribution in [1.29, 1.82) is 0 Å². The summed E-state index contributed by atoms with van der Waals surface area (Å²) in [5, 5.41) is 1.09. The number of hydrogen-bond acceptors (Lipinski definition) is 4. The lowest BCUT2D eigenvalue weighted by Gasteiger charge is -2.15. The molecule has 4 aromatic rings. The first-order chi connectivity index (χ1) is 17.4. The predicted molar refractivity (Wildman–Crippen MR) is 141 cm³/mol. The Kier molecular flexibility index (Phi) is 6.60. The minimum atomic E-state index is -0.211. The van der Waals surface area contributed by atoms with Crippen molar-refractivity contribution in [2.75, 3.05) is 13.1 Å². The fourth-order valence-corrected chi connectivity index (χ4v) is 5.00. The number of likely N-dealkylation sites (tertiary alicyclic amines) is 1. The maximum absolute atomic E-state index is 13.7. The normalized spacial score (nSPS) is 15.4. The van der Waals surface area contributed by atoms with E-state index in [0.29, 0.717) is 53.1 Å². The van der Waals surface area contributed by atoms with Crippen LogP contribution in [0.4, 0.5) is 0 Å². The summed E-state index contributed by atoms with van der Waals surface area (Å²) in [4.78, 5) is 31.7. The lowest BCUT2D eigenvalue weighted by atomic mass is 10.1. The Morgan fingerprint density at radius 1 is 1.17 bits per heavy atom. The van der Waals surface area contributed by atoms with Crippen LogP contribution < -0.4 is 10.4 Å². The molecule has 184 valence electrons. The average molecular weight is 523 g/mol. The Labute approximate surface area is 218 Å². The summed E-state index contributed by atoms with van der Waals surface area (Å²) >= 11 is 12.7. The summed E-state index contributed by atoms with van der Waals surface area (Å²) in [6, 6.07) is 12.7. The van der Waals surface area contributed by atoms with Crippen molar-refractivity contribution in [2.24, 2.45) is 0 Å². The second kappa shape index (κ2) is 9.84. The number of imidazole rings is 1. The molecule has 1 atom stereocenters. The molecule has 1 saturated heterocycles. The summed E-state index contributed by atoms with van der Waals surface area (Å²) in [5.74, 6) is 0.379. The molecule has 0 unspecified atom stereocenters. The van der Waals surface area contributed by atoms with E-state index >= 15 is 0 Å². The summed E-state index contributed by atoms with van der Waals surface area (Å²) in [6.07, 6.45) is 5.30. The van der Waals surface area contributed by atoms with Gasteiger partial charge in [-0.3, -0.25) is 18.9 Å². The fourth-order valence-electron chi connectivity index (χ4n) is 4.66. The van der Waals surface area contributed by atoms with Gasteiger partial charge in [-0.1, -0.05) is 41.9 Å². The van der Waals surface area contributed by atoms with Crippen LogP contribution in [-0.2, 0) is 11.4 Å². The second-order valence-electron chi connectivity index (χ2n) is 8.77. The minimum Gasteiger partial charge on any atom is -0.487 e. The molecular weight excluding hydrogens is 499 g/mol. The molecule has 1 aliphatic heterocycles. The molecule has 0 aliphatic carbocycles. The van der Waals surface area contributed by atoms with E-state index in [0.717, 1.165) is 16.6 Å². The molecule has 1 amide bonds. The molecule has 0 radical (unpaired) electrons. The maximum Gasteiger partial charge on any atom is 0.334 e. The number of rotatable bonds is 6. The molecule has 7 nitrogen and oxygen atoms in total. The summed E-state index contributed by atoms with van der Waals surface area (Å²) < 4.78 is 9.27. The summed E-state index contributed by atoms with van der Waals surface area (Å²) in [5.41, 5.74) is 3.76. The molecule has 1 fully saturated rings. The molecule has 0 saturated carbocycles. The van der Waals surface area contributed by atoms with Crippen molar-refractivity contribution in [3.63, 3.8) is 0 Å². The van der Waals surface area contributed by atoms with Crippen LogP contribution in [0.3, 0.4) is 0 Å². The van der Waals surface area contributed by atoms with Gasteiger partial charge < -0.3 is 9.64 Å². The zero-order chi connectivity index (χ0) is 25.4. The van der Waals surface area contributed by atoms with Gasteiger partial charge in [-0.25, -0.2) is 4.79 Å². The largest absolute Gasteiger partial charge is 0.487 e. The second-order valence-corrected chi connectivity index (χ2v) is 9.58. The van der Waals surface area contributed by atoms with Crippen LogP contribution in [0, 0.1) is 6.92 Å². The molecule has 3 heterocycles. The van der Waals surface area contributed by atoms with Crippen molar-refractivity contribution >= 4 is 40.1 Å². The van der Waals surface area contributed by atoms with E-state index < -0.39 is 0 Å². The van der Waals surface area contributed by atoms with E-state index in [1.807, 2.05) is 31.2 Å². The third kappa shape index (κ3) is 4.40. The number of amides is 1. The topological polar surface area (TPSA) is 69.4 Å². The van der Waals surface area contributed by atoms with Crippen molar-refractivity contribution < 1.29 is 9.53 Å². The number of carbonyl (C=O) groups excluding carboxylic acids is 1. The van der Waals surface area contributed by atoms with E-state index in [-0.39, 0.29) is 17.6 Å². The zero-order valence-corrected chi connectivity index (χ0v) is 21.2. The molecular formula is C27H24Cl2N4O3. The van der Waals surface area contributed by atoms with E-state index in [2.05, 4.69) is 11.6 Å². The molecule has 2 aromatic heterocycles. The SMILES string of the molecule is C=CC(=O)N1CC[C@@H](n2c(=O)n(-c3ccc(OCc4ccc(Cl)c(C)c4)c(Cl)c3)c3cnccc32)C1. The number of benzene rings is 2. The number of halogens is 2. The molecule has 1 aliphatic rings. The number of hydrogen-bond donors (Lipinski definition) is 0. The number of ether oxygens (including phenoxy) is 1. The van der Waals surface area contributed by atoms with Crippen molar-refractivity contribution in [3.8, 4) is 11.4 Å². The summed E-state index contributed by atoms with van der Waals surface area (Å²) in [7, 11) is 0. The minimum absolute atomic E-state index is 0.132. The number of aryl methyl sites for hydroxylation is 1. The Morgan fingerprint density at radius 3 is 2.75 bits per heavy atom. The highest BCUT2D eigenvalue weighted by Gasteiger charge is 2.30. The van der Waals surface area contributed by atoms with E-state index in [4.69, 9.17) is 27.9 Å². The van der Waals surface area contributed by atoms with Crippen LogP contribution in [-0.4, -0.2) is 38.0 Å². The van der Waals surface area contributed by atoms with Crippen LogP contribution in [0.25, 0.3) is 16.7 Å². The van der Waals surface area contributed by atoms with Crippen molar-refractivity contribution in [2.45, 2.75) is 26.0 Å². The van der Waals surface area contributed by atoms with E-state index in [1.165, 1.54) is 6.08 Å². The molecule has 36 heavy (non-hydrogen) atoms. The lowest BCUT2D eigenvalue weighted by molar-refractivity contribution is -0.125. The van der Waals surface area contributed by atoms with Gasteiger partial charge in [-0.05, 0) is 60.9 Å². The smallest absolute Gasteiger partial charge is 0.334 e. The molecule has 5 rings (SSSR count). The number of pyridine rings is 1. The van der Waals surface area contributed by atoms with Gasteiger partial charge in [-0.15, -0.1) is 0 Å². The highest BCUT2D eigenvalue weighted by molar-refractivity contribution is 6.32. The molecule has 0 bridgehead atoms. The molecule has 9 heteroatoms. The van der Waals surface area contributed by atoms with Gasteiger partial charge in [0.15, 0.2) is 0 Å². The molecule has 0 spiro atoms. The zero-order valence-electron chi connectivity index (χ0n) is 19.7. The Morgan fingerprint density at radius 2 is 2.00 bits per heavy atom. The first kappa shape index (κ1) is 24.2. The first-order valence-electron chi connectivity index (χ1n) is 11.5. The van der Waals surface area contributed by atoms with Crippen molar-refractivity contribution in [1.82, 2.24) is 19.0 Å². The molecule has 2 aromatic carbocycles. The van der Waals surface area contributed by atoms with Gasteiger partial charge in [0.2, 0.25) is 5.91 Å². The highest BCUT2D eigenvalue weighted by Crippen LogP contribution is 2.31. The van der Waals surface area contributed by atoms with E-state index in [9.17, 15) is 9.59 Å². The van der Waals surface area contributed by atoms with Crippen LogP contribution in [0.2, 0.25) is 10.0 Å². The van der Waals surface area contributed by atoms with E-state index in [1.54, 1.807) is 44.6 Å². The van der Waals surface area contributed by atoms with Crippen LogP contribution in [0.15, 0.2) is 72.3 Å². The van der Waals surface area contributed by atoms with Crippen LogP contribution in [0.5, 0.6) is 5.75 Å². The van der Waals surface area contributed by atoms with Gasteiger partial charge in [0, 0.05) is 24.3 Å². The quantitative estimate of drug-likeness (QED) is 0.320. The Hall–Kier alpha value is -3.55. The highest BCUT2D eigenvalue weighted by atomic mass is 35.5. The Bertz CT molecular complexity index is 1540. The summed E-state index contributed by atoms with van der Waals surface area (Å²) in [6.45, 7) is 6.87. The predicted octanol–water partition coefficient (Wildman–Crippen LogP) is 5.34. The van der Waals surface area contributed by atoms with Crippen LogP contribution in [0.1, 0.15) is 23.6 Å². The van der Waals surface area contributed by atoms with Gasteiger partial charge >= 0.3 is 5.69 Å². The third-order valence-electron chi connectivity index (χ3n) is 6.48. The average Bonchev–Trinajstić information content (AvgIpc) is 3.46. The monoisotopic (exact) mass is 522 g/mol. The van der Waals surface area contributed by atoms with Crippen molar-refractivity contribution in [3.05, 3.63) is 99.2 Å². The fraction of sp³-hybridized carbons (Fsp3) is 0.222. The van der Waals surface area contributed by atoms with Gasteiger partial charge in [0.25, 0.3) is 0 Å². The number of aromatic nitrogens is 3. The number of carbonyl (C=O) groups is 1. The third-order valence-corrected chi connectivity index (χ3v) is 7.20. The van der Waals surface area contributed by atoms with Gasteiger partial charge in [0.05, 0.1) is 34.0 Å². The van der Waals surface area contributed by atoms with Gasteiger partial charge in [-0.2, -0.15) is 0 Å². The Balaban J connectivity index is 1.46. The first-order valence-corrected chi connectivity index (χ1v) is 12.3. The van der Waals surface area contributed by atoms with Crippen LogP contribution >= 0.6 is 23.2 Å². The standard InChI is InChI=1S/C27H24Cl2N4O3/c1-3-26(34)31-11-9-20(15-31)33-23-8-10-30-14-24(23)32(27(33)35)19-5-7-25(22(29)13-19)36-16-18-4-6-21(28)17(2)12-18/h3-8,10,12-14,20H,1,9,11,15-16H2,2H3/t20-/m1/s1. The number of fused-ring (bicyclic) bond motifs is 1. The molecule has 0 N–H and O–H groups in total. The number of nitrogens with zero attached hydrogens (tertiary/aromatic N) is 4. The van der Waals surface area contributed by atoms with Gasteiger partial charge in [0.1, 0.15) is 12.4 Å². The lowest BCUT2D eigenvalue weighted by Crippen LogP contribution is -2.31.